The summed E-state index contributed by atoms with van der Waals surface area (Å²) in [5.41, 5.74) is 6.26. The number of rotatable bonds is 8. The molecule has 0 heterocycles. The van der Waals surface area contributed by atoms with Gasteiger partial charge in [0.1, 0.15) is 0 Å². The first kappa shape index (κ1) is 16.2. The second-order valence-electron chi connectivity index (χ2n) is 4.53. The Hall–Kier alpha value is -1.88. The lowest BCUT2D eigenvalue weighted by Crippen LogP contribution is -2.24. The zero-order valence-electron chi connectivity index (χ0n) is 11.9. The molecular formula is C15H22N2O3. The van der Waals surface area contributed by atoms with Gasteiger partial charge in [0.25, 0.3) is 5.91 Å². The number of hydrogen-bond donors (Lipinski definition) is 2. The van der Waals surface area contributed by atoms with E-state index >= 15 is 0 Å². The average molecular weight is 278 g/mol. The van der Waals surface area contributed by atoms with Crippen molar-refractivity contribution in [1.29, 1.82) is 0 Å². The Morgan fingerprint density at radius 1 is 1.15 bits per heavy atom. The molecule has 0 aliphatic heterocycles. The maximum Gasteiger partial charge on any atom is 0.337 e. The van der Waals surface area contributed by atoms with Crippen molar-refractivity contribution in [2.75, 3.05) is 20.2 Å². The summed E-state index contributed by atoms with van der Waals surface area (Å²) in [5.74, 6) is -0.615. The van der Waals surface area contributed by atoms with Crippen molar-refractivity contribution in [3.05, 3.63) is 35.4 Å². The van der Waals surface area contributed by atoms with Gasteiger partial charge in [-0.25, -0.2) is 4.79 Å². The lowest BCUT2D eigenvalue weighted by molar-refractivity contribution is 0.0600. The monoisotopic (exact) mass is 278 g/mol. The van der Waals surface area contributed by atoms with Crippen LogP contribution in [0.5, 0.6) is 0 Å². The third-order valence-electron chi connectivity index (χ3n) is 2.96. The Balaban J connectivity index is 2.41. The van der Waals surface area contributed by atoms with Crippen LogP contribution in [0.4, 0.5) is 0 Å². The van der Waals surface area contributed by atoms with E-state index in [9.17, 15) is 9.59 Å². The van der Waals surface area contributed by atoms with Crippen LogP contribution >= 0.6 is 0 Å². The number of nitrogens with one attached hydrogen (secondary N) is 1. The SMILES string of the molecule is COC(=O)c1cccc(C(=O)NCCCCCCN)c1. The van der Waals surface area contributed by atoms with Gasteiger partial charge in [0, 0.05) is 12.1 Å². The van der Waals surface area contributed by atoms with Crippen LogP contribution in [0, 0.1) is 0 Å². The van der Waals surface area contributed by atoms with Crippen LogP contribution in [0.25, 0.3) is 0 Å². The summed E-state index contributed by atoms with van der Waals surface area (Å²) < 4.78 is 4.63. The molecule has 1 amide bonds. The van der Waals surface area contributed by atoms with Gasteiger partial charge in [-0.2, -0.15) is 0 Å². The summed E-state index contributed by atoms with van der Waals surface area (Å²) in [6.45, 7) is 1.35. The van der Waals surface area contributed by atoms with Gasteiger partial charge in [0.15, 0.2) is 0 Å². The predicted molar refractivity (Wildman–Crippen MR) is 77.6 cm³/mol. The molecule has 110 valence electrons. The lowest BCUT2D eigenvalue weighted by atomic mass is 10.1. The molecule has 0 saturated carbocycles. The van der Waals surface area contributed by atoms with Gasteiger partial charge in [-0.15, -0.1) is 0 Å². The summed E-state index contributed by atoms with van der Waals surface area (Å²) in [6, 6.07) is 6.50. The molecule has 0 aliphatic rings. The maximum atomic E-state index is 11.9. The fourth-order valence-corrected chi connectivity index (χ4v) is 1.83. The Morgan fingerprint density at radius 3 is 2.55 bits per heavy atom. The topological polar surface area (TPSA) is 81.4 Å². The number of nitrogens with two attached hydrogens (primary N) is 1. The average Bonchev–Trinajstić information content (AvgIpc) is 2.49. The van der Waals surface area contributed by atoms with Gasteiger partial charge < -0.3 is 15.8 Å². The zero-order chi connectivity index (χ0) is 14.8. The molecule has 0 aromatic heterocycles. The molecule has 3 N–H and O–H groups in total. The summed E-state index contributed by atoms with van der Waals surface area (Å²) in [6.07, 6.45) is 4.10. The van der Waals surface area contributed by atoms with Crippen LogP contribution < -0.4 is 11.1 Å². The van der Waals surface area contributed by atoms with Gasteiger partial charge >= 0.3 is 5.97 Å². The van der Waals surface area contributed by atoms with E-state index in [0.717, 1.165) is 25.7 Å². The van der Waals surface area contributed by atoms with Crippen LogP contribution in [0.3, 0.4) is 0 Å². The molecule has 0 saturated heterocycles. The minimum Gasteiger partial charge on any atom is -0.465 e. The molecule has 5 nitrogen and oxygen atoms in total. The Labute approximate surface area is 119 Å². The second-order valence-corrected chi connectivity index (χ2v) is 4.53. The Bertz CT molecular complexity index is 446. The van der Waals surface area contributed by atoms with Crippen LogP contribution in [-0.2, 0) is 4.74 Å². The molecule has 0 spiro atoms. The van der Waals surface area contributed by atoms with E-state index in [1.54, 1.807) is 18.2 Å². The molecule has 5 heteroatoms. The smallest absolute Gasteiger partial charge is 0.337 e. The van der Waals surface area contributed by atoms with Gasteiger partial charge in [-0.1, -0.05) is 18.9 Å². The number of amides is 1. The molecule has 1 aromatic rings. The molecule has 0 atom stereocenters. The fourth-order valence-electron chi connectivity index (χ4n) is 1.83. The van der Waals surface area contributed by atoms with Crippen LogP contribution in [0.2, 0.25) is 0 Å². The van der Waals surface area contributed by atoms with Gasteiger partial charge in [0.05, 0.1) is 12.7 Å². The number of esters is 1. The van der Waals surface area contributed by atoms with E-state index in [4.69, 9.17) is 5.73 Å². The summed E-state index contributed by atoms with van der Waals surface area (Å²) in [7, 11) is 1.32. The molecule has 0 bridgehead atoms. The minimum atomic E-state index is -0.443. The first-order valence-corrected chi connectivity index (χ1v) is 6.85. The Morgan fingerprint density at radius 2 is 1.85 bits per heavy atom. The normalized spacial score (nSPS) is 10.1. The number of hydrogen-bond acceptors (Lipinski definition) is 4. The first-order valence-electron chi connectivity index (χ1n) is 6.85. The fraction of sp³-hybridized carbons (Fsp3) is 0.467. The second kappa shape index (κ2) is 9.09. The van der Waals surface area contributed by atoms with Crippen molar-refractivity contribution in [3.63, 3.8) is 0 Å². The van der Waals surface area contributed by atoms with Gasteiger partial charge in [0.2, 0.25) is 0 Å². The van der Waals surface area contributed by atoms with E-state index in [0.29, 0.717) is 24.2 Å². The molecule has 1 aromatic carbocycles. The largest absolute Gasteiger partial charge is 0.465 e. The third-order valence-corrected chi connectivity index (χ3v) is 2.96. The molecule has 20 heavy (non-hydrogen) atoms. The number of methoxy groups -OCH3 is 1. The molecule has 0 unspecified atom stereocenters. The zero-order valence-corrected chi connectivity index (χ0v) is 11.9. The van der Waals surface area contributed by atoms with E-state index < -0.39 is 5.97 Å². The van der Waals surface area contributed by atoms with Crippen molar-refractivity contribution in [2.24, 2.45) is 5.73 Å². The van der Waals surface area contributed by atoms with E-state index in [1.807, 2.05) is 0 Å². The predicted octanol–water partition coefficient (Wildman–Crippen LogP) is 1.72. The number of ether oxygens (including phenoxy) is 1. The highest BCUT2D eigenvalue weighted by atomic mass is 16.5. The standard InChI is InChI=1S/C15H22N2O3/c1-20-15(19)13-8-6-7-12(11-13)14(18)17-10-5-3-2-4-9-16/h6-8,11H,2-5,9-10,16H2,1H3,(H,17,18). The van der Waals surface area contributed by atoms with Crippen molar-refractivity contribution in [1.82, 2.24) is 5.32 Å². The van der Waals surface area contributed by atoms with Crippen LogP contribution in [0.15, 0.2) is 24.3 Å². The number of benzene rings is 1. The third kappa shape index (κ3) is 5.40. The molecule has 0 aliphatic carbocycles. The quantitative estimate of drug-likeness (QED) is 0.560. The summed E-state index contributed by atoms with van der Waals surface area (Å²) in [5, 5.41) is 2.84. The van der Waals surface area contributed by atoms with Crippen molar-refractivity contribution < 1.29 is 14.3 Å². The van der Waals surface area contributed by atoms with Gasteiger partial charge in [-0.05, 0) is 37.6 Å². The highest BCUT2D eigenvalue weighted by Gasteiger charge is 2.09. The van der Waals surface area contributed by atoms with Crippen molar-refractivity contribution in [3.8, 4) is 0 Å². The van der Waals surface area contributed by atoms with Crippen LogP contribution in [0.1, 0.15) is 46.4 Å². The molecule has 0 radical (unpaired) electrons. The van der Waals surface area contributed by atoms with Crippen molar-refractivity contribution >= 4 is 11.9 Å². The summed E-state index contributed by atoms with van der Waals surface area (Å²) in [4.78, 5) is 23.3. The minimum absolute atomic E-state index is 0.172. The van der Waals surface area contributed by atoms with Crippen LogP contribution in [-0.4, -0.2) is 32.1 Å². The maximum absolute atomic E-state index is 11.9. The Kier molecular flexibility index (Phi) is 7.35. The molecular weight excluding hydrogens is 256 g/mol. The van der Waals surface area contributed by atoms with Gasteiger partial charge in [-0.3, -0.25) is 4.79 Å². The molecule has 1 rings (SSSR count). The number of unbranched alkanes of at least 4 members (excludes halogenated alkanes) is 3. The highest BCUT2D eigenvalue weighted by molar-refractivity contribution is 5.97. The van der Waals surface area contributed by atoms with E-state index in [2.05, 4.69) is 10.1 Å². The van der Waals surface area contributed by atoms with E-state index in [-0.39, 0.29) is 5.91 Å². The number of carbonyl (C=O) groups is 2. The first-order chi connectivity index (χ1) is 9.69. The highest BCUT2D eigenvalue weighted by Crippen LogP contribution is 2.07. The van der Waals surface area contributed by atoms with E-state index in [1.165, 1.54) is 13.2 Å². The number of carbonyl (C=O) groups excluding carboxylic acids is 2. The molecule has 0 fully saturated rings. The van der Waals surface area contributed by atoms with Crippen molar-refractivity contribution in [2.45, 2.75) is 25.7 Å². The summed E-state index contributed by atoms with van der Waals surface area (Å²) >= 11 is 0. The lowest BCUT2D eigenvalue weighted by Gasteiger charge is -2.06.